The summed E-state index contributed by atoms with van der Waals surface area (Å²) in [7, 11) is 0. The maximum Gasteiger partial charge on any atom is 0.335 e. The van der Waals surface area contributed by atoms with Gasteiger partial charge in [0, 0.05) is 19.1 Å². The molecule has 0 unspecified atom stereocenters. The molecule has 1 aromatic rings. The second-order valence-electron chi connectivity index (χ2n) is 6.27. The van der Waals surface area contributed by atoms with Crippen LogP contribution in [0.2, 0.25) is 0 Å². The molecule has 0 aromatic heterocycles. The van der Waals surface area contributed by atoms with Crippen LogP contribution in [0.5, 0.6) is 0 Å². The maximum atomic E-state index is 11.1. The van der Waals surface area contributed by atoms with Gasteiger partial charge in [0.1, 0.15) is 0 Å². The number of aromatic carboxylic acids is 1. The summed E-state index contributed by atoms with van der Waals surface area (Å²) in [5.74, 6) is -0.207. The Hall–Kier alpha value is -1.35. The number of rotatable bonds is 6. The predicted octanol–water partition coefficient (Wildman–Crippen LogP) is 3.79. The predicted molar refractivity (Wildman–Crippen MR) is 80.9 cm³/mol. The lowest BCUT2D eigenvalue weighted by atomic mass is 10.1. The number of benzene rings is 1. The molecule has 0 atom stereocenters. The van der Waals surface area contributed by atoms with Crippen LogP contribution in [0.25, 0.3) is 0 Å². The lowest BCUT2D eigenvalue weighted by Gasteiger charge is -2.30. The van der Waals surface area contributed by atoms with Gasteiger partial charge in [-0.15, -0.1) is 0 Å². The minimum absolute atomic E-state index is 0.387. The monoisotopic (exact) mass is 275 g/mol. The molecule has 3 nitrogen and oxygen atoms in total. The van der Waals surface area contributed by atoms with Gasteiger partial charge >= 0.3 is 5.97 Å². The number of carbonyl (C=O) groups is 1. The summed E-state index contributed by atoms with van der Waals surface area (Å²) in [6.07, 6.45) is 5.22. The van der Waals surface area contributed by atoms with Crippen LogP contribution >= 0.6 is 0 Å². The fourth-order valence-corrected chi connectivity index (χ4v) is 3.12. The van der Waals surface area contributed by atoms with Crippen LogP contribution in [0.15, 0.2) is 24.3 Å². The van der Waals surface area contributed by atoms with Crippen LogP contribution in [-0.4, -0.2) is 28.6 Å². The van der Waals surface area contributed by atoms with Gasteiger partial charge in [0.05, 0.1) is 5.56 Å². The van der Waals surface area contributed by atoms with Crippen molar-refractivity contribution >= 4 is 5.97 Å². The molecule has 0 amide bonds. The van der Waals surface area contributed by atoms with E-state index in [1.807, 2.05) is 18.2 Å². The van der Waals surface area contributed by atoms with Gasteiger partial charge in [0.25, 0.3) is 0 Å². The first-order valence-electron chi connectivity index (χ1n) is 7.62. The lowest BCUT2D eigenvalue weighted by molar-refractivity contribution is 0.0696. The summed E-state index contributed by atoms with van der Waals surface area (Å²) in [5.41, 5.74) is 1.50. The highest BCUT2D eigenvalue weighted by molar-refractivity contribution is 5.87. The van der Waals surface area contributed by atoms with Crippen molar-refractivity contribution in [3.05, 3.63) is 35.4 Å². The zero-order valence-electron chi connectivity index (χ0n) is 12.5. The highest BCUT2D eigenvalue weighted by Crippen LogP contribution is 2.26. The molecule has 0 saturated heterocycles. The van der Waals surface area contributed by atoms with Crippen molar-refractivity contribution in [1.29, 1.82) is 0 Å². The first kappa shape index (κ1) is 15.0. The third-order valence-corrected chi connectivity index (χ3v) is 4.00. The van der Waals surface area contributed by atoms with E-state index in [1.54, 1.807) is 6.07 Å². The molecule has 3 heteroatoms. The Morgan fingerprint density at radius 3 is 2.65 bits per heavy atom. The summed E-state index contributed by atoms with van der Waals surface area (Å²) in [4.78, 5) is 13.6. The topological polar surface area (TPSA) is 40.5 Å². The van der Waals surface area contributed by atoms with Gasteiger partial charge < -0.3 is 5.11 Å². The van der Waals surface area contributed by atoms with Gasteiger partial charge in [-0.1, -0.05) is 38.8 Å². The number of nitrogens with zero attached hydrogens (tertiary/aromatic N) is 1. The summed E-state index contributed by atoms with van der Waals surface area (Å²) < 4.78 is 0. The first-order chi connectivity index (χ1) is 9.56. The molecule has 0 aliphatic heterocycles. The van der Waals surface area contributed by atoms with E-state index in [1.165, 1.54) is 25.7 Å². The van der Waals surface area contributed by atoms with Crippen LogP contribution in [0.4, 0.5) is 0 Å². The summed E-state index contributed by atoms with van der Waals surface area (Å²) >= 11 is 0. The molecule has 0 radical (unpaired) electrons. The third kappa shape index (κ3) is 4.07. The van der Waals surface area contributed by atoms with Crippen LogP contribution in [0, 0.1) is 5.92 Å². The lowest BCUT2D eigenvalue weighted by Crippen LogP contribution is -2.35. The minimum Gasteiger partial charge on any atom is -0.478 e. The molecular formula is C17H25NO2. The smallest absolute Gasteiger partial charge is 0.335 e. The molecule has 1 N–H and O–H groups in total. The number of hydrogen-bond donors (Lipinski definition) is 1. The molecule has 0 spiro atoms. The fourth-order valence-electron chi connectivity index (χ4n) is 3.12. The Kier molecular flexibility index (Phi) is 5.18. The van der Waals surface area contributed by atoms with Crippen molar-refractivity contribution in [2.45, 2.75) is 52.1 Å². The molecule has 1 aromatic carbocycles. The Bertz CT molecular complexity index is 450. The van der Waals surface area contributed by atoms with Crippen LogP contribution < -0.4 is 0 Å². The van der Waals surface area contributed by atoms with E-state index in [-0.39, 0.29) is 0 Å². The summed E-state index contributed by atoms with van der Waals surface area (Å²) in [5, 5.41) is 9.09. The van der Waals surface area contributed by atoms with Crippen molar-refractivity contribution in [1.82, 2.24) is 4.90 Å². The minimum atomic E-state index is -0.844. The van der Waals surface area contributed by atoms with E-state index in [0.29, 0.717) is 17.5 Å². The quantitative estimate of drug-likeness (QED) is 0.858. The fraction of sp³-hybridized carbons (Fsp3) is 0.588. The van der Waals surface area contributed by atoms with Crippen molar-refractivity contribution in [3.63, 3.8) is 0 Å². The van der Waals surface area contributed by atoms with Gasteiger partial charge in [-0.25, -0.2) is 4.79 Å². The molecule has 2 rings (SSSR count). The van der Waals surface area contributed by atoms with Gasteiger partial charge in [-0.2, -0.15) is 0 Å². The number of hydrogen-bond acceptors (Lipinski definition) is 2. The normalized spacial score (nSPS) is 16.2. The van der Waals surface area contributed by atoms with Gasteiger partial charge in [-0.05, 0) is 36.5 Å². The second kappa shape index (κ2) is 6.89. The Balaban J connectivity index is 2.09. The highest BCUT2D eigenvalue weighted by Gasteiger charge is 2.23. The Morgan fingerprint density at radius 1 is 1.35 bits per heavy atom. The first-order valence-corrected chi connectivity index (χ1v) is 7.62. The summed E-state index contributed by atoms with van der Waals surface area (Å²) in [6.45, 7) is 6.44. The molecule has 1 aliphatic carbocycles. The van der Waals surface area contributed by atoms with Crippen LogP contribution in [0.3, 0.4) is 0 Å². The molecule has 1 saturated carbocycles. The van der Waals surface area contributed by atoms with Crippen molar-refractivity contribution in [3.8, 4) is 0 Å². The Labute approximate surface area is 121 Å². The van der Waals surface area contributed by atoms with Gasteiger partial charge in [-0.3, -0.25) is 4.90 Å². The molecule has 1 fully saturated rings. The van der Waals surface area contributed by atoms with E-state index in [0.717, 1.165) is 18.7 Å². The van der Waals surface area contributed by atoms with E-state index in [2.05, 4.69) is 18.7 Å². The standard InChI is InChI=1S/C17H25NO2/c1-13(2)11-18(16-8-3-4-9-16)12-14-6-5-7-15(10-14)17(19)20/h5-7,10,13,16H,3-4,8-9,11-12H2,1-2H3,(H,19,20). The molecule has 110 valence electrons. The van der Waals surface area contributed by atoms with E-state index in [9.17, 15) is 4.79 Å². The second-order valence-corrected chi connectivity index (χ2v) is 6.27. The molecule has 1 aliphatic rings. The van der Waals surface area contributed by atoms with E-state index < -0.39 is 5.97 Å². The van der Waals surface area contributed by atoms with Crippen molar-refractivity contribution < 1.29 is 9.90 Å². The third-order valence-electron chi connectivity index (χ3n) is 4.00. The SMILES string of the molecule is CC(C)CN(Cc1cccc(C(=O)O)c1)C1CCCC1. The van der Waals surface area contributed by atoms with Gasteiger partial charge in [0.15, 0.2) is 0 Å². The average molecular weight is 275 g/mol. The maximum absolute atomic E-state index is 11.1. The summed E-state index contributed by atoms with van der Waals surface area (Å²) in [6, 6.07) is 8.03. The van der Waals surface area contributed by atoms with E-state index >= 15 is 0 Å². The van der Waals surface area contributed by atoms with Crippen LogP contribution in [-0.2, 0) is 6.54 Å². The largest absolute Gasteiger partial charge is 0.478 e. The van der Waals surface area contributed by atoms with Crippen LogP contribution in [0.1, 0.15) is 55.5 Å². The molecule has 0 heterocycles. The van der Waals surface area contributed by atoms with Crippen molar-refractivity contribution in [2.24, 2.45) is 5.92 Å². The number of carboxylic acid groups (broad SMARTS) is 1. The molecular weight excluding hydrogens is 250 g/mol. The average Bonchev–Trinajstić information content (AvgIpc) is 2.91. The highest BCUT2D eigenvalue weighted by atomic mass is 16.4. The molecule has 20 heavy (non-hydrogen) atoms. The number of carboxylic acids is 1. The zero-order valence-corrected chi connectivity index (χ0v) is 12.5. The van der Waals surface area contributed by atoms with Crippen molar-refractivity contribution in [2.75, 3.05) is 6.54 Å². The van der Waals surface area contributed by atoms with Gasteiger partial charge in [0.2, 0.25) is 0 Å². The van der Waals surface area contributed by atoms with E-state index in [4.69, 9.17) is 5.11 Å². The zero-order chi connectivity index (χ0) is 14.5. The molecule has 0 bridgehead atoms. The Morgan fingerprint density at radius 2 is 2.05 bits per heavy atom.